The van der Waals surface area contributed by atoms with Crippen LogP contribution in [-0.4, -0.2) is 50.7 Å². The smallest absolute Gasteiger partial charge is 0.320 e. The molecule has 5 N–H and O–H groups in total. The molecule has 0 amide bonds. The first-order valence-electron chi connectivity index (χ1n) is 14.3. The highest BCUT2D eigenvalue weighted by Crippen LogP contribution is 2.41. The van der Waals surface area contributed by atoms with Crippen LogP contribution in [0.5, 0.6) is 0 Å². The molecule has 6 rings (SSSR count). The number of H-pyrrole nitrogens is 3. The summed E-state index contributed by atoms with van der Waals surface area (Å²) in [6.07, 6.45) is 8.64. The molecule has 8 heteroatoms. The highest BCUT2D eigenvalue weighted by atomic mass is 16.5. The Kier molecular flexibility index (Phi) is 6.21. The van der Waals surface area contributed by atoms with Gasteiger partial charge in [0.2, 0.25) is 0 Å². The molecule has 1 unspecified atom stereocenters. The van der Waals surface area contributed by atoms with Gasteiger partial charge in [-0.05, 0) is 79.2 Å². The van der Waals surface area contributed by atoms with E-state index >= 15 is 0 Å². The lowest BCUT2D eigenvalue weighted by molar-refractivity contribution is -0.141. The van der Waals surface area contributed by atoms with Crippen molar-refractivity contribution in [2.75, 3.05) is 7.11 Å². The van der Waals surface area contributed by atoms with Crippen molar-refractivity contribution >= 4 is 41.6 Å². The van der Waals surface area contributed by atoms with Gasteiger partial charge in [-0.2, -0.15) is 0 Å². The molecule has 0 radical (unpaired) electrons. The van der Waals surface area contributed by atoms with Gasteiger partial charge in [-0.25, -0.2) is 0 Å². The molecule has 214 valence electrons. The van der Waals surface area contributed by atoms with Crippen molar-refractivity contribution in [2.24, 2.45) is 17.8 Å². The van der Waals surface area contributed by atoms with E-state index < -0.39 is 23.7 Å². The summed E-state index contributed by atoms with van der Waals surface area (Å²) in [6, 6.07) is -0.454. The van der Waals surface area contributed by atoms with Gasteiger partial charge in [0.05, 0.1) is 12.5 Å². The monoisotopic (exact) mass is 554 g/mol. The SMILES string of the molecule is C=Cc1c(C)/c2[nH]/c1=C\c1[nH]c(c(CC)c1C)/C=c1\[nH]c3c(c1C)C(=O)[C@H](C(=O)OC)C=3C1N[C@](O)(\C=2)[C@@H](C)[C@@H]1C. The summed E-state index contributed by atoms with van der Waals surface area (Å²) in [4.78, 5) is 37.6. The van der Waals surface area contributed by atoms with E-state index in [2.05, 4.69) is 52.8 Å². The standard InChI is InChI=1S/C33H38N4O4/c1-9-19-15(4)21-11-24-20(10-2)16(5)25(35-24)13-33(40)18(7)14(3)29(37-33)27-28(32(39)41-8)31(38)26-17(6)22(36-30(26)27)12-23(19)34-21/h10-14,18,28-29,34-37,40H,2,9H2,1,3-8H3/b22-12-,24-11-,25-13-/t14-,18-,28+,29?,33-/m0/s1. The molecular weight excluding hydrogens is 516 g/mol. The average Bonchev–Trinajstić information content (AvgIpc) is 3.65. The zero-order valence-electron chi connectivity index (χ0n) is 24.7. The minimum atomic E-state index is -1.41. The number of rotatable bonds is 3. The summed E-state index contributed by atoms with van der Waals surface area (Å²) in [7, 11) is 1.31. The number of hydrogen-bond acceptors (Lipinski definition) is 5. The lowest BCUT2D eigenvalue weighted by atomic mass is 9.82. The number of Topliss-reactive ketones (excluding diaryl/α,β-unsaturated/α-hetero) is 1. The number of fused-ring (bicyclic) bond motifs is 8. The fraction of sp³-hybridized carbons (Fsp3) is 0.394. The second-order valence-corrected chi connectivity index (χ2v) is 11.8. The van der Waals surface area contributed by atoms with Crippen LogP contribution in [0.3, 0.4) is 0 Å². The first kappa shape index (κ1) is 27.3. The Hall–Kier alpha value is -3.88. The molecule has 1 aliphatic carbocycles. The van der Waals surface area contributed by atoms with Crippen molar-refractivity contribution < 1.29 is 19.4 Å². The molecule has 0 saturated carbocycles. The first-order valence-corrected chi connectivity index (χ1v) is 14.3. The molecule has 5 heterocycles. The fourth-order valence-corrected chi connectivity index (χ4v) is 7.22. The van der Waals surface area contributed by atoms with Gasteiger partial charge >= 0.3 is 5.97 Å². The van der Waals surface area contributed by atoms with Crippen LogP contribution in [0.1, 0.15) is 70.3 Å². The fourth-order valence-electron chi connectivity index (χ4n) is 7.22. The predicted molar refractivity (Wildman–Crippen MR) is 160 cm³/mol. The van der Waals surface area contributed by atoms with E-state index in [0.29, 0.717) is 16.5 Å². The van der Waals surface area contributed by atoms with E-state index in [1.807, 2.05) is 39.8 Å². The summed E-state index contributed by atoms with van der Waals surface area (Å²) in [6.45, 7) is 16.3. The number of methoxy groups -OCH3 is 1. The van der Waals surface area contributed by atoms with E-state index in [1.54, 1.807) is 0 Å². The first-order chi connectivity index (χ1) is 19.4. The lowest BCUT2D eigenvalue weighted by Crippen LogP contribution is -2.47. The van der Waals surface area contributed by atoms with Crippen molar-refractivity contribution in [3.05, 3.63) is 72.7 Å². The second kappa shape index (κ2) is 9.33. The summed E-state index contributed by atoms with van der Waals surface area (Å²) in [5, 5.41) is 18.7. The number of esters is 1. The lowest BCUT2D eigenvalue weighted by Gasteiger charge is -2.25. The van der Waals surface area contributed by atoms with Crippen LogP contribution in [0.15, 0.2) is 6.58 Å². The minimum Gasteiger partial charge on any atom is -0.468 e. The molecule has 1 fully saturated rings. The Balaban J connectivity index is 1.76. The van der Waals surface area contributed by atoms with Crippen LogP contribution >= 0.6 is 0 Å². The van der Waals surface area contributed by atoms with Crippen LogP contribution in [-0.2, 0) is 16.0 Å². The molecule has 41 heavy (non-hydrogen) atoms. The summed E-state index contributed by atoms with van der Waals surface area (Å²) in [5.74, 6) is -2.29. The van der Waals surface area contributed by atoms with Crippen LogP contribution in [0.2, 0.25) is 0 Å². The summed E-state index contributed by atoms with van der Waals surface area (Å²) >= 11 is 0. The summed E-state index contributed by atoms with van der Waals surface area (Å²) < 4.78 is 5.13. The largest absolute Gasteiger partial charge is 0.468 e. The number of hydrogen-bond donors (Lipinski definition) is 5. The maximum absolute atomic E-state index is 13.9. The number of nitrogens with one attached hydrogen (secondary N) is 4. The van der Waals surface area contributed by atoms with Crippen LogP contribution < -0.4 is 26.7 Å². The van der Waals surface area contributed by atoms with Crippen molar-refractivity contribution in [1.82, 2.24) is 20.3 Å². The minimum absolute atomic E-state index is 0.107. The third kappa shape index (κ3) is 3.73. The highest BCUT2D eigenvalue weighted by molar-refractivity contribution is 6.19. The zero-order valence-corrected chi connectivity index (χ0v) is 24.7. The maximum Gasteiger partial charge on any atom is 0.320 e. The van der Waals surface area contributed by atoms with Crippen LogP contribution in [0, 0.1) is 38.5 Å². The highest BCUT2D eigenvalue weighted by Gasteiger charge is 2.53. The van der Waals surface area contributed by atoms with Gasteiger partial charge in [-0.15, -0.1) is 0 Å². The van der Waals surface area contributed by atoms with Crippen molar-refractivity contribution in [1.29, 1.82) is 0 Å². The topological polar surface area (TPSA) is 123 Å². The molecule has 8 nitrogen and oxygen atoms in total. The van der Waals surface area contributed by atoms with E-state index in [-0.39, 0.29) is 17.6 Å². The number of aromatic nitrogens is 3. The Morgan fingerprint density at radius 2 is 1.76 bits per heavy atom. The zero-order chi connectivity index (χ0) is 29.5. The third-order valence-corrected chi connectivity index (χ3v) is 9.88. The maximum atomic E-state index is 13.9. The number of carbonyl (C=O) groups is 2. The molecule has 3 aromatic rings. The van der Waals surface area contributed by atoms with E-state index in [0.717, 1.165) is 56.1 Å². The van der Waals surface area contributed by atoms with Crippen LogP contribution in [0.25, 0.3) is 29.9 Å². The normalized spacial score (nSPS) is 28.9. The molecule has 2 aliphatic heterocycles. The van der Waals surface area contributed by atoms with Gasteiger partial charge in [0, 0.05) is 50.5 Å². The Bertz CT molecular complexity index is 1900. The van der Waals surface area contributed by atoms with Gasteiger partial charge in [-0.3, -0.25) is 14.9 Å². The Morgan fingerprint density at radius 1 is 1.05 bits per heavy atom. The van der Waals surface area contributed by atoms with Crippen molar-refractivity contribution in [3.8, 4) is 0 Å². The van der Waals surface area contributed by atoms with Gasteiger partial charge in [0.1, 0.15) is 11.6 Å². The third-order valence-electron chi connectivity index (χ3n) is 9.88. The van der Waals surface area contributed by atoms with E-state index in [9.17, 15) is 14.7 Å². The van der Waals surface area contributed by atoms with E-state index in [4.69, 9.17) is 4.74 Å². The molecule has 3 aromatic heterocycles. The second-order valence-electron chi connectivity index (χ2n) is 11.8. The molecule has 3 aliphatic rings. The molecule has 0 spiro atoms. The number of ether oxygens (including phenoxy) is 1. The van der Waals surface area contributed by atoms with Gasteiger partial charge in [0.15, 0.2) is 5.78 Å². The molecule has 5 atom stereocenters. The number of aromatic amines is 3. The Labute approximate surface area is 238 Å². The van der Waals surface area contributed by atoms with E-state index in [1.165, 1.54) is 12.7 Å². The molecule has 8 bridgehead atoms. The quantitative estimate of drug-likeness (QED) is 0.247. The van der Waals surface area contributed by atoms with Crippen molar-refractivity contribution in [2.45, 2.75) is 59.7 Å². The molecule has 1 saturated heterocycles. The van der Waals surface area contributed by atoms with Crippen LogP contribution in [0.4, 0.5) is 0 Å². The number of carbonyl (C=O) groups excluding carboxylic acids is 2. The number of aliphatic hydroxyl groups is 1. The van der Waals surface area contributed by atoms with Gasteiger partial charge in [0.25, 0.3) is 0 Å². The predicted octanol–water partition coefficient (Wildman–Crippen LogP) is 1.32. The van der Waals surface area contributed by atoms with Crippen molar-refractivity contribution in [3.63, 3.8) is 0 Å². The van der Waals surface area contributed by atoms with Gasteiger partial charge < -0.3 is 24.8 Å². The average molecular weight is 555 g/mol. The molecule has 0 aromatic carbocycles. The summed E-state index contributed by atoms with van der Waals surface area (Å²) in [5.41, 5.74) is 6.73. The van der Waals surface area contributed by atoms with Gasteiger partial charge in [-0.1, -0.05) is 33.4 Å². The number of ketones is 1. The molecular formula is C33H38N4O4. The Morgan fingerprint density at radius 3 is 2.41 bits per heavy atom.